The molecule has 0 amide bonds. The number of benzene rings is 2. The van der Waals surface area contributed by atoms with E-state index in [1.165, 1.54) is 12.1 Å². The molecule has 2 rings (SSSR count). The summed E-state index contributed by atoms with van der Waals surface area (Å²) in [5.41, 5.74) is 1.75. The molecule has 3 heteroatoms. The highest BCUT2D eigenvalue weighted by atomic mass is 19.1. The van der Waals surface area contributed by atoms with E-state index in [0.29, 0.717) is 5.69 Å². The van der Waals surface area contributed by atoms with Crippen LogP contribution in [0.15, 0.2) is 48.5 Å². The molecule has 2 aromatic rings. The van der Waals surface area contributed by atoms with Gasteiger partial charge >= 0.3 is 0 Å². The highest BCUT2D eigenvalue weighted by Crippen LogP contribution is 2.24. The Hall–Kier alpha value is -2.34. The average Bonchev–Trinajstić information content (AvgIpc) is 2.39. The minimum atomic E-state index is -0.493. The lowest BCUT2D eigenvalue weighted by molar-refractivity contribution is 0.624. The van der Waals surface area contributed by atoms with Crippen LogP contribution < -0.4 is 4.90 Å². The number of para-hydroxylation sites is 1. The summed E-state index contributed by atoms with van der Waals surface area (Å²) in [6.07, 6.45) is 0. The second-order valence-corrected chi connectivity index (χ2v) is 3.67. The maximum absolute atomic E-state index is 13.5. The second-order valence-electron chi connectivity index (χ2n) is 3.67. The van der Waals surface area contributed by atoms with Gasteiger partial charge in [0.1, 0.15) is 11.9 Å². The molecule has 0 heterocycles. The predicted molar refractivity (Wildman–Crippen MR) is 65.6 cm³/mol. The maximum atomic E-state index is 13.5. The Bertz CT molecular complexity index is 558. The Morgan fingerprint density at radius 1 is 1.06 bits per heavy atom. The number of nitrogens with zero attached hydrogens (tertiary/aromatic N) is 2. The highest BCUT2D eigenvalue weighted by molar-refractivity contribution is 5.63. The van der Waals surface area contributed by atoms with E-state index >= 15 is 0 Å². The van der Waals surface area contributed by atoms with E-state index in [1.807, 2.05) is 48.3 Å². The molecule has 0 aliphatic carbocycles. The fraction of sp³-hybridized carbons (Fsp3) is 0.0714. The van der Waals surface area contributed by atoms with E-state index in [0.717, 1.165) is 5.69 Å². The molecule has 2 aromatic carbocycles. The van der Waals surface area contributed by atoms with Gasteiger partial charge in [-0.2, -0.15) is 5.26 Å². The van der Waals surface area contributed by atoms with Crippen molar-refractivity contribution in [1.82, 2.24) is 0 Å². The van der Waals surface area contributed by atoms with E-state index in [4.69, 9.17) is 5.26 Å². The minimum Gasteiger partial charge on any atom is -0.345 e. The van der Waals surface area contributed by atoms with Gasteiger partial charge in [0.05, 0.1) is 5.56 Å². The first-order valence-corrected chi connectivity index (χ1v) is 5.21. The van der Waals surface area contributed by atoms with Gasteiger partial charge in [0.2, 0.25) is 0 Å². The van der Waals surface area contributed by atoms with Gasteiger partial charge in [0.25, 0.3) is 0 Å². The standard InChI is InChI=1S/C14H11FN2/c1-17(12-5-3-2-4-6-12)13-8-7-11(10-16)14(15)9-13/h2-9H,1H3. The van der Waals surface area contributed by atoms with Crippen LogP contribution in [0, 0.1) is 17.1 Å². The monoisotopic (exact) mass is 226 g/mol. The van der Waals surface area contributed by atoms with Crippen LogP contribution in [0.2, 0.25) is 0 Å². The van der Waals surface area contributed by atoms with Crippen LogP contribution in [0.1, 0.15) is 5.56 Å². The van der Waals surface area contributed by atoms with E-state index in [9.17, 15) is 4.39 Å². The summed E-state index contributed by atoms with van der Waals surface area (Å²) < 4.78 is 13.5. The third-order valence-electron chi connectivity index (χ3n) is 2.60. The van der Waals surface area contributed by atoms with Gasteiger partial charge in [-0.25, -0.2) is 4.39 Å². The van der Waals surface area contributed by atoms with Crippen molar-refractivity contribution in [3.05, 3.63) is 59.9 Å². The first-order chi connectivity index (χ1) is 8.22. The molecule has 0 unspecified atom stereocenters. The highest BCUT2D eigenvalue weighted by Gasteiger charge is 2.07. The lowest BCUT2D eigenvalue weighted by atomic mass is 10.2. The first kappa shape index (κ1) is 11.2. The molecular weight excluding hydrogens is 215 g/mol. The lowest BCUT2D eigenvalue weighted by Crippen LogP contribution is -2.09. The molecule has 0 aliphatic rings. The Morgan fingerprint density at radius 3 is 2.35 bits per heavy atom. The van der Waals surface area contributed by atoms with Crippen molar-refractivity contribution in [3.63, 3.8) is 0 Å². The molecule has 0 aromatic heterocycles. The number of hydrogen-bond donors (Lipinski definition) is 0. The van der Waals surface area contributed by atoms with E-state index in [1.54, 1.807) is 6.07 Å². The van der Waals surface area contributed by atoms with Crippen LogP contribution in [0.5, 0.6) is 0 Å². The summed E-state index contributed by atoms with van der Waals surface area (Å²) in [4.78, 5) is 1.87. The van der Waals surface area contributed by atoms with Gasteiger partial charge in [-0.3, -0.25) is 0 Å². The number of halogens is 1. The summed E-state index contributed by atoms with van der Waals surface area (Å²) in [7, 11) is 1.86. The van der Waals surface area contributed by atoms with Gasteiger partial charge in [-0.1, -0.05) is 18.2 Å². The molecule has 0 atom stereocenters. The zero-order valence-corrected chi connectivity index (χ0v) is 9.39. The summed E-state index contributed by atoms with van der Waals surface area (Å²) in [6, 6.07) is 16.0. The van der Waals surface area contributed by atoms with Crippen LogP contribution in [-0.2, 0) is 0 Å². The van der Waals surface area contributed by atoms with Gasteiger partial charge < -0.3 is 4.90 Å². The molecule has 0 saturated carbocycles. The van der Waals surface area contributed by atoms with Crippen molar-refractivity contribution in [2.75, 3.05) is 11.9 Å². The molecule has 17 heavy (non-hydrogen) atoms. The summed E-state index contributed by atoms with van der Waals surface area (Å²) in [5.74, 6) is -0.493. The summed E-state index contributed by atoms with van der Waals surface area (Å²) in [6.45, 7) is 0. The zero-order chi connectivity index (χ0) is 12.3. The lowest BCUT2D eigenvalue weighted by Gasteiger charge is -2.19. The third kappa shape index (κ3) is 2.26. The van der Waals surface area contributed by atoms with Crippen LogP contribution in [0.3, 0.4) is 0 Å². The fourth-order valence-corrected chi connectivity index (χ4v) is 1.60. The second kappa shape index (κ2) is 4.67. The Kier molecular flexibility index (Phi) is 3.06. The molecule has 84 valence electrons. The van der Waals surface area contributed by atoms with Crippen LogP contribution in [0.4, 0.5) is 15.8 Å². The Balaban J connectivity index is 2.36. The topological polar surface area (TPSA) is 27.0 Å². The number of nitriles is 1. The Morgan fingerprint density at radius 2 is 1.76 bits per heavy atom. The van der Waals surface area contributed by atoms with Crippen molar-refractivity contribution in [2.45, 2.75) is 0 Å². The molecule has 0 N–H and O–H groups in total. The van der Waals surface area contributed by atoms with E-state index < -0.39 is 5.82 Å². The van der Waals surface area contributed by atoms with Crippen molar-refractivity contribution >= 4 is 11.4 Å². The largest absolute Gasteiger partial charge is 0.345 e. The first-order valence-electron chi connectivity index (χ1n) is 5.21. The molecule has 0 saturated heterocycles. The minimum absolute atomic E-state index is 0.0650. The fourth-order valence-electron chi connectivity index (χ4n) is 1.60. The number of anilines is 2. The number of hydrogen-bond acceptors (Lipinski definition) is 2. The average molecular weight is 226 g/mol. The molecule has 0 spiro atoms. The van der Waals surface area contributed by atoms with Crippen LogP contribution in [0.25, 0.3) is 0 Å². The van der Waals surface area contributed by atoms with E-state index in [2.05, 4.69) is 0 Å². The third-order valence-corrected chi connectivity index (χ3v) is 2.60. The molecular formula is C14H11FN2. The molecule has 0 fully saturated rings. The van der Waals surface area contributed by atoms with Gasteiger partial charge in [-0.15, -0.1) is 0 Å². The van der Waals surface area contributed by atoms with Crippen LogP contribution >= 0.6 is 0 Å². The van der Waals surface area contributed by atoms with Crippen molar-refractivity contribution in [2.24, 2.45) is 0 Å². The SMILES string of the molecule is CN(c1ccccc1)c1ccc(C#N)c(F)c1. The van der Waals surface area contributed by atoms with Gasteiger partial charge in [0.15, 0.2) is 0 Å². The molecule has 2 nitrogen and oxygen atoms in total. The predicted octanol–water partition coefficient (Wildman–Crippen LogP) is 3.47. The van der Waals surface area contributed by atoms with Crippen molar-refractivity contribution < 1.29 is 4.39 Å². The summed E-state index contributed by atoms with van der Waals surface area (Å²) in [5, 5.41) is 8.66. The van der Waals surface area contributed by atoms with E-state index in [-0.39, 0.29) is 5.56 Å². The smallest absolute Gasteiger partial charge is 0.143 e. The number of rotatable bonds is 2. The zero-order valence-electron chi connectivity index (χ0n) is 9.39. The maximum Gasteiger partial charge on any atom is 0.143 e. The Labute approximate surface area is 99.5 Å². The van der Waals surface area contributed by atoms with Gasteiger partial charge in [-0.05, 0) is 30.3 Å². The molecule has 0 bridgehead atoms. The van der Waals surface area contributed by atoms with Crippen LogP contribution in [-0.4, -0.2) is 7.05 Å². The summed E-state index contributed by atoms with van der Waals surface area (Å²) >= 11 is 0. The normalized spacial score (nSPS) is 9.71. The van der Waals surface area contributed by atoms with Crippen molar-refractivity contribution in [1.29, 1.82) is 5.26 Å². The van der Waals surface area contributed by atoms with Gasteiger partial charge in [0, 0.05) is 18.4 Å². The molecule has 0 radical (unpaired) electrons. The quantitative estimate of drug-likeness (QED) is 0.784. The molecule has 0 aliphatic heterocycles. The van der Waals surface area contributed by atoms with Crippen molar-refractivity contribution in [3.8, 4) is 6.07 Å².